The number of H-pyrrole nitrogens is 1. The van der Waals surface area contributed by atoms with Crippen LogP contribution in [0.4, 0.5) is 0 Å². The molecule has 1 aromatic heterocycles. The number of rotatable bonds is 3. The quantitative estimate of drug-likeness (QED) is 0.779. The van der Waals surface area contributed by atoms with E-state index in [4.69, 9.17) is 9.47 Å². The smallest absolute Gasteiger partial charge is 0.146 e. The number of ether oxygens (including phenoxy) is 2. The topological polar surface area (TPSA) is 46.3 Å². The molecule has 23 heavy (non-hydrogen) atoms. The molecule has 1 aliphatic heterocycles. The first-order valence-electron chi connectivity index (χ1n) is 7.86. The van der Waals surface area contributed by atoms with Gasteiger partial charge in [-0.15, -0.1) is 0 Å². The number of hydrogen-bond donors (Lipinski definition) is 2. The predicted octanol–water partition coefficient (Wildman–Crippen LogP) is 3.42. The normalized spacial score (nSPS) is 17.0. The predicted molar refractivity (Wildman–Crippen MR) is 91.4 cm³/mol. The molecule has 3 aromatic rings. The first-order chi connectivity index (χ1) is 11.3. The molecule has 2 aromatic carbocycles. The van der Waals surface area contributed by atoms with Crippen LogP contribution in [0.2, 0.25) is 0 Å². The number of nitrogens with one attached hydrogen (secondary N) is 2. The van der Waals surface area contributed by atoms with Gasteiger partial charge in [0.2, 0.25) is 0 Å². The fourth-order valence-electron chi connectivity index (χ4n) is 3.49. The van der Waals surface area contributed by atoms with Crippen LogP contribution in [0.25, 0.3) is 10.9 Å². The van der Waals surface area contributed by atoms with E-state index in [0.29, 0.717) is 0 Å². The Morgan fingerprint density at radius 2 is 1.91 bits per heavy atom. The van der Waals surface area contributed by atoms with E-state index in [1.165, 1.54) is 16.7 Å². The lowest BCUT2D eigenvalue weighted by molar-refractivity contribution is 0.397. The molecule has 0 saturated carbocycles. The first kappa shape index (κ1) is 14.2. The highest BCUT2D eigenvalue weighted by Gasteiger charge is 2.24. The summed E-state index contributed by atoms with van der Waals surface area (Å²) in [5.74, 6) is 1.61. The highest BCUT2D eigenvalue weighted by atomic mass is 16.5. The van der Waals surface area contributed by atoms with E-state index in [-0.39, 0.29) is 6.04 Å². The highest BCUT2D eigenvalue weighted by Crippen LogP contribution is 2.38. The van der Waals surface area contributed by atoms with Crippen LogP contribution in [-0.4, -0.2) is 25.7 Å². The van der Waals surface area contributed by atoms with Gasteiger partial charge in [0.15, 0.2) is 0 Å². The second-order valence-corrected chi connectivity index (χ2v) is 5.83. The molecule has 1 atom stereocenters. The number of benzene rings is 2. The number of fused-ring (bicyclic) bond motifs is 2. The van der Waals surface area contributed by atoms with Crippen LogP contribution in [0.3, 0.4) is 0 Å². The molecule has 2 heterocycles. The van der Waals surface area contributed by atoms with Crippen LogP contribution in [0.5, 0.6) is 11.5 Å². The van der Waals surface area contributed by atoms with Gasteiger partial charge in [-0.25, -0.2) is 0 Å². The summed E-state index contributed by atoms with van der Waals surface area (Å²) in [5.41, 5.74) is 5.00. The van der Waals surface area contributed by atoms with E-state index in [9.17, 15) is 0 Å². The number of methoxy groups -OCH3 is 2. The molecular formula is C19H20N2O2. The molecular weight excluding hydrogens is 288 g/mol. The Morgan fingerprint density at radius 1 is 1.04 bits per heavy atom. The lowest BCUT2D eigenvalue weighted by Gasteiger charge is -2.27. The maximum atomic E-state index is 5.51. The summed E-state index contributed by atoms with van der Waals surface area (Å²) in [7, 11) is 3.37. The Morgan fingerprint density at radius 3 is 2.74 bits per heavy atom. The summed E-state index contributed by atoms with van der Waals surface area (Å²) in [5, 5.41) is 4.78. The van der Waals surface area contributed by atoms with Crippen LogP contribution in [0, 0.1) is 0 Å². The van der Waals surface area contributed by atoms with E-state index in [1.54, 1.807) is 14.2 Å². The molecule has 0 aliphatic carbocycles. The average molecular weight is 308 g/mol. The SMILES string of the molecule is COc1cc(OC)c2[nH]cc(C3NCCc4ccccc43)c2c1. The molecule has 118 valence electrons. The van der Waals surface area contributed by atoms with Gasteiger partial charge < -0.3 is 19.8 Å². The first-order valence-corrected chi connectivity index (χ1v) is 7.86. The van der Waals surface area contributed by atoms with Crippen LogP contribution >= 0.6 is 0 Å². The summed E-state index contributed by atoms with van der Waals surface area (Å²) >= 11 is 0. The molecule has 0 bridgehead atoms. The molecule has 0 amide bonds. The van der Waals surface area contributed by atoms with Crippen molar-refractivity contribution in [2.24, 2.45) is 0 Å². The van der Waals surface area contributed by atoms with Gasteiger partial charge in [-0.05, 0) is 29.2 Å². The fourth-order valence-corrected chi connectivity index (χ4v) is 3.49. The van der Waals surface area contributed by atoms with Gasteiger partial charge in [0.1, 0.15) is 11.5 Å². The molecule has 4 rings (SSSR count). The lowest BCUT2D eigenvalue weighted by Crippen LogP contribution is -2.30. The number of aromatic nitrogens is 1. The van der Waals surface area contributed by atoms with Crippen molar-refractivity contribution in [3.8, 4) is 11.5 Å². The van der Waals surface area contributed by atoms with Crippen molar-refractivity contribution in [1.82, 2.24) is 10.3 Å². The monoisotopic (exact) mass is 308 g/mol. The third kappa shape index (κ3) is 2.26. The minimum atomic E-state index is 0.186. The zero-order valence-electron chi connectivity index (χ0n) is 13.3. The fraction of sp³-hybridized carbons (Fsp3) is 0.263. The highest BCUT2D eigenvalue weighted by molar-refractivity contribution is 5.90. The second kappa shape index (κ2) is 5.63. The van der Waals surface area contributed by atoms with Crippen molar-refractivity contribution >= 4 is 10.9 Å². The van der Waals surface area contributed by atoms with E-state index in [1.807, 2.05) is 6.07 Å². The molecule has 0 radical (unpaired) electrons. The standard InChI is InChI=1S/C19H20N2O2/c1-22-13-9-15-16(11-21-19(15)17(10-13)23-2)18-14-6-4-3-5-12(14)7-8-20-18/h3-6,9-11,18,20-21H,7-8H2,1-2H3. The average Bonchev–Trinajstić information content (AvgIpc) is 3.04. The van der Waals surface area contributed by atoms with Crippen LogP contribution in [0.15, 0.2) is 42.6 Å². The molecule has 4 heteroatoms. The second-order valence-electron chi connectivity index (χ2n) is 5.83. The van der Waals surface area contributed by atoms with Gasteiger partial charge in [0, 0.05) is 24.2 Å². The van der Waals surface area contributed by atoms with E-state index in [2.05, 4.69) is 46.8 Å². The van der Waals surface area contributed by atoms with Crippen molar-refractivity contribution in [2.75, 3.05) is 20.8 Å². The zero-order chi connectivity index (χ0) is 15.8. The van der Waals surface area contributed by atoms with Crippen molar-refractivity contribution in [2.45, 2.75) is 12.5 Å². The van der Waals surface area contributed by atoms with E-state index in [0.717, 1.165) is 35.4 Å². The van der Waals surface area contributed by atoms with Crippen molar-refractivity contribution in [3.63, 3.8) is 0 Å². The van der Waals surface area contributed by atoms with E-state index >= 15 is 0 Å². The third-order valence-corrected chi connectivity index (χ3v) is 4.63. The van der Waals surface area contributed by atoms with Gasteiger partial charge in [-0.1, -0.05) is 24.3 Å². The number of aromatic amines is 1. The van der Waals surface area contributed by atoms with Gasteiger partial charge in [0.05, 0.1) is 25.8 Å². The van der Waals surface area contributed by atoms with Crippen LogP contribution in [0.1, 0.15) is 22.7 Å². The van der Waals surface area contributed by atoms with Gasteiger partial charge in [-0.3, -0.25) is 0 Å². The Bertz CT molecular complexity index is 854. The maximum Gasteiger partial charge on any atom is 0.146 e. The number of hydrogen-bond acceptors (Lipinski definition) is 3. The Kier molecular flexibility index (Phi) is 3.46. The molecule has 2 N–H and O–H groups in total. The molecule has 0 fully saturated rings. The van der Waals surface area contributed by atoms with Gasteiger partial charge >= 0.3 is 0 Å². The van der Waals surface area contributed by atoms with Crippen LogP contribution in [-0.2, 0) is 6.42 Å². The van der Waals surface area contributed by atoms with Crippen molar-refractivity contribution in [1.29, 1.82) is 0 Å². The van der Waals surface area contributed by atoms with Gasteiger partial charge in [0.25, 0.3) is 0 Å². The summed E-state index contributed by atoms with van der Waals surface area (Å²) in [4.78, 5) is 3.37. The molecule has 4 nitrogen and oxygen atoms in total. The zero-order valence-corrected chi connectivity index (χ0v) is 13.3. The lowest BCUT2D eigenvalue weighted by atomic mass is 9.90. The van der Waals surface area contributed by atoms with Gasteiger partial charge in [-0.2, -0.15) is 0 Å². The summed E-state index contributed by atoms with van der Waals surface area (Å²) in [6.45, 7) is 0.982. The Labute approximate surface area is 135 Å². The molecule has 1 unspecified atom stereocenters. The Balaban J connectivity index is 1.90. The largest absolute Gasteiger partial charge is 0.497 e. The maximum absolute atomic E-state index is 5.51. The van der Waals surface area contributed by atoms with E-state index < -0.39 is 0 Å². The minimum absolute atomic E-state index is 0.186. The third-order valence-electron chi connectivity index (χ3n) is 4.63. The molecule has 0 saturated heterocycles. The summed E-state index contributed by atoms with van der Waals surface area (Å²) in [6, 6.07) is 12.8. The molecule has 0 spiro atoms. The Hall–Kier alpha value is -2.46. The summed E-state index contributed by atoms with van der Waals surface area (Å²) < 4.78 is 10.9. The van der Waals surface area contributed by atoms with Crippen LogP contribution < -0.4 is 14.8 Å². The minimum Gasteiger partial charge on any atom is -0.497 e. The van der Waals surface area contributed by atoms with Crippen molar-refractivity contribution in [3.05, 3.63) is 59.3 Å². The summed E-state index contributed by atoms with van der Waals surface area (Å²) in [6.07, 6.45) is 3.15. The van der Waals surface area contributed by atoms with Crippen molar-refractivity contribution < 1.29 is 9.47 Å². The molecule has 1 aliphatic rings.